The number of hydrogen-bond donors (Lipinski definition) is 2. The molecule has 2 aromatic heterocycles. The maximum atomic E-state index is 15.4. The fourth-order valence-electron chi connectivity index (χ4n) is 4.53. The normalized spacial score (nSPS) is 25.4. The van der Waals surface area contributed by atoms with Crippen LogP contribution in [-0.4, -0.2) is 44.3 Å². The molecule has 0 amide bonds. The Morgan fingerprint density at radius 2 is 2.09 bits per heavy atom. The smallest absolute Gasteiger partial charge is 0.152 e. The summed E-state index contributed by atoms with van der Waals surface area (Å²) in [6.07, 6.45) is 14.8. The number of ether oxygens (including phenoxy) is 1. The van der Waals surface area contributed by atoms with Crippen molar-refractivity contribution >= 4 is 22.9 Å². The molecular weight excluding hydrogens is 433 g/mol. The molecule has 172 valence electrons. The van der Waals surface area contributed by atoms with Gasteiger partial charge in [0.05, 0.1) is 34.4 Å². The average molecular weight is 459 g/mol. The van der Waals surface area contributed by atoms with E-state index in [1.165, 1.54) is 6.33 Å². The molecule has 8 nitrogen and oxygen atoms in total. The minimum atomic E-state index is -1.26. The monoisotopic (exact) mass is 458 g/mol. The summed E-state index contributed by atoms with van der Waals surface area (Å²) in [6.45, 7) is 0. The second-order valence-electron chi connectivity index (χ2n) is 8.92. The van der Waals surface area contributed by atoms with Gasteiger partial charge in [-0.3, -0.25) is 9.67 Å². The third-order valence-corrected chi connectivity index (χ3v) is 6.64. The van der Waals surface area contributed by atoms with Gasteiger partial charge in [-0.1, -0.05) is 6.08 Å². The van der Waals surface area contributed by atoms with Gasteiger partial charge in [-0.05, 0) is 42.3 Å². The number of aryl methyl sites for hydroxylation is 1. The number of nitrogens with zero attached hydrogens (tertiary/aromatic N) is 5. The average Bonchev–Trinajstić information content (AvgIpc) is 3.29. The van der Waals surface area contributed by atoms with Gasteiger partial charge in [-0.15, -0.1) is 0 Å². The fourth-order valence-corrected chi connectivity index (χ4v) is 4.53. The maximum absolute atomic E-state index is 15.4. The Labute approximate surface area is 195 Å². The molecule has 4 atom stereocenters. The molecule has 1 aromatic carbocycles. The number of anilines is 1. The van der Waals surface area contributed by atoms with Gasteiger partial charge in [0.2, 0.25) is 0 Å². The van der Waals surface area contributed by atoms with Gasteiger partial charge in [0.1, 0.15) is 23.9 Å². The highest BCUT2D eigenvalue weighted by Gasteiger charge is 2.34. The van der Waals surface area contributed by atoms with Crippen LogP contribution in [0, 0.1) is 5.92 Å². The molecule has 2 aliphatic carbocycles. The second-order valence-corrected chi connectivity index (χ2v) is 8.92. The number of nitrogens with one attached hydrogen (secondary N) is 1. The Balaban J connectivity index is 1.43. The summed E-state index contributed by atoms with van der Waals surface area (Å²) in [5.74, 6) is 0.745. The van der Waals surface area contributed by atoms with E-state index < -0.39 is 12.1 Å². The predicted molar refractivity (Wildman–Crippen MR) is 128 cm³/mol. The van der Waals surface area contributed by atoms with Crippen molar-refractivity contribution in [2.45, 2.75) is 31.2 Å². The number of fused-ring (bicyclic) bond motifs is 2. The van der Waals surface area contributed by atoms with Crippen LogP contribution in [0.25, 0.3) is 22.0 Å². The van der Waals surface area contributed by atoms with Gasteiger partial charge in [0, 0.05) is 31.4 Å². The molecule has 4 N–H and O–H groups in total. The highest BCUT2D eigenvalue weighted by Crippen LogP contribution is 2.39. The molecule has 0 spiro atoms. The summed E-state index contributed by atoms with van der Waals surface area (Å²) in [5, 5.41) is 8.23. The summed E-state index contributed by atoms with van der Waals surface area (Å²) in [7, 11) is 1.88. The Morgan fingerprint density at radius 1 is 1.18 bits per heavy atom. The SMILES string of the molecule is Cn1cc(-c2cc(OC3CCC3[NH3+])c3c(NC4=CC=C5N=CC=CC5C4F)ncnc3c2)cn1. The van der Waals surface area contributed by atoms with E-state index in [1.807, 2.05) is 43.7 Å². The van der Waals surface area contributed by atoms with Crippen molar-refractivity contribution in [2.75, 3.05) is 5.32 Å². The first-order valence-electron chi connectivity index (χ1n) is 11.4. The molecule has 6 rings (SSSR count). The maximum Gasteiger partial charge on any atom is 0.152 e. The number of quaternary nitrogens is 1. The van der Waals surface area contributed by atoms with Crippen LogP contribution in [0.4, 0.5) is 10.2 Å². The van der Waals surface area contributed by atoms with Crippen molar-refractivity contribution in [3.8, 4) is 16.9 Å². The number of rotatable bonds is 5. The van der Waals surface area contributed by atoms with Gasteiger partial charge < -0.3 is 15.8 Å². The lowest BCUT2D eigenvalue weighted by molar-refractivity contribution is -0.455. The Morgan fingerprint density at radius 3 is 2.85 bits per heavy atom. The van der Waals surface area contributed by atoms with Crippen molar-refractivity contribution < 1.29 is 14.9 Å². The molecule has 1 aliphatic heterocycles. The van der Waals surface area contributed by atoms with Crippen LogP contribution in [0.15, 0.2) is 71.5 Å². The molecule has 1 saturated carbocycles. The van der Waals surface area contributed by atoms with E-state index >= 15 is 4.39 Å². The van der Waals surface area contributed by atoms with Gasteiger partial charge in [0.15, 0.2) is 12.3 Å². The van der Waals surface area contributed by atoms with E-state index in [0.29, 0.717) is 33.9 Å². The third kappa shape index (κ3) is 3.58. The lowest BCUT2D eigenvalue weighted by Crippen LogP contribution is -2.72. The van der Waals surface area contributed by atoms with Gasteiger partial charge in [-0.25, -0.2) is 14.4 Å². The van der Waals surface area contributed by atoms with Crippen molar-refractivity contribution in [3.05, 3.63) is 66.6 Å². The van der Waals surface area contributed by atoms with Gasteiger partial charge in [-0.2, -0.15) is 5.10 Å². The lowest BCUT2D eigenvalue weighted by atomic mass is 9.90. The quantitative estimate of drug-likeness (QED) is 0.612. The predicted octanol–water partition coefficient (Wildman–Crippen LogP) is 2.97. The minimum absolute atomic E-state index is 0.0268. The number of halogens is 1. The molecule has 0 saturated heterocycles. The van der Waals surface area contributed by atoms with Gasteiger partial charge >= 0.3 is 0 Å². The molecule has 3 heterocycles. The summed E-state index contributed by atoms with van der Waals surface area (Å²) in [5.41, 5.74) is 7.93. The third-order valence-electron chi connectivity index (χ3n) is 6.64. The van der Waals surface area contributed by atoms with E-state index in [-0.39, 0.29) is 12.1 Å². The van der Waals surface area contributed by atoms with Crippen LogP contribution in [-0.2, 0) is 7.05 Å². The highest BCUT2D eigenvalue weighted by atomic mass is 19.1. The first-order chi connectivity index (χ1) is 16.6. The van der Waals surface area contributed by atoms with E-state index in [0.717, 1.165) is 24.0 Å². The molecule has 3 aliphatic rings. The van der Waals surface area contributed by atoms with E-state index in [9.17, 15) is 0 Å². The van der Waals surface area contributed by atoms with Crippen LogP contribution in [0.1, 0.15) is 12.8 Å². The highest BCUT2D eigenvalue weighted by molar-refractivity contribution is 5.98. The summed E-state index contributed by atoms with van der Waals surface area (Å²) in [4.78, 5) is 13.3. The van der Waals surface area contributed by atoms with E-state index in [2.05, 4.69) is 31.1 Å². The number of aliphatic imine (C=N–C) groups is 1. The molecule has 4 unspecified atom stereocenters. The largest absolute Gasteiger partial charge is 0.483 e. The van der Waals surface area contributed by atoms with Crippen molar-refractivity contribution in [1.29, 1.82) is 0 Å². The number of aromatic nitrogens is 4. The number of benzene rings is 1. The molecule has 0 bridgehead atoms. The Bertz CT molecular complexity index is 1390. The molecule has 9 heteroatoms. The van der Waals surface area contributed by atoms with Gasteiger partial charge in [0.25, 0.3) is 0 Å². The minimum Gasteiger partial charge on any atom is -0.483 e. The first-order valence-corrected chi connectivity index (χ1v) is 11.4. The van der Waals surface area contributed by atoms with Crippen molar-refractivity contribution in [2.24, 2.45) is 18.0 Å². The van der Waals surface area contributed by atoms with Crippen molar-refractivity contribution in [1.82, 2.24) is 19.7 Å². The summed E-state index contributed by atoms with van der Waals surface area (Å²) >= 11 is 0. The first kappa shape index (κ1) is 20.7. The zero-order valence-corrected chi connectivity index (χ0v) is 18.7. The lowest BCUT2D eigenvalue weighted by Gasteiger charge is -2.31. The van der Waals surface area contributed by atoms with Crippen LogP contribution in [0.5, 0.6) is 5.75 Å². The number of alkyl halides is 1. The van der Waals surface area contributed by atoms with Crippen LogP contribution >= 0.6 is 0 Å². The molecule has 34 heavy (non-hydrogen) atoms. The van der Waals surface area contributed by atoms with Crippen LogP contribution < -0.4 is 15.8 Å². The molecule has 3 aromatic rings. The van der Waals surface area contributed by atoms with Crippen LogP contribution in [0.3, 0.4) is 0 Å². The van der Waals surface area contributed by atoms with E-state index in [1.54, 1.807) is 23.0 Å². The molecule has 1 fully saturated rings. The summed E-state index contributed by atoms with van der Waals surface area (Å²) in [6, 6.07) is 4.20. The number of dihydropyridines is 1. The Hall–Kier alpha value is -3.85. The zero-order chi connectivity index (χ0) is 23.2. The van der Waals surface area contributed by atoms with E-state index in [4.69, 9.17) is 4.74 Å². The molecule has 0 radical (unpaired) electrons. The van der Waals surface area contributed by atoms with Crippen molar-refractivity contribution in [3.63, 3.8) is 0 Å². The standard InChI is InChI=1S/C25H24FN7O/c1-33-12-15(11-31-33)14-9-20-23(22(10-14)34-21-7-4-17(21)27)25(30-13-29-20)32-19-6-5-18-16(24(19)26)3-2-8-28-18/h2-3,5-6,8-13,16-17,21,24H,4,7,27H2,1H3,(H,29,30,32)/p+1. The second kappa shape index (κ2) is 8.18. The summed E-state index contributed by atoms with van der Waals surface area (Å²) < 4.78 is 23.6. The Kier molecular flexibility index (Phi) is 4.99. The molecular formula is C25H25FN7O+. The zero-order valence-electron chi connectivity index (χ0n) is 18.7. The fraction of sp³-hybridized carbons (Fsp3) is 0.280. The number of hydrogen-bond acceptors (Lipinski definition) is 6. The topological polar surface area (TPSA) is 105 Å². The van der Waals surface area contributed by atoms with Crippen LogP contribution in [0.2, 0.25) is 0 Å². The number of allylic oxidation sites excluding steroid dienone is 5.